The van der Waals surface area contributed by atoms with Crippen LogP contribution >= 0.6 is 0 Å². The highest BCUT2D eigenvalue weighted by Crippen LogP contribution is 2.23. The predicted octanol–water partition coefficient (Wildman–Crippen LogP) is 0.554. The summed E-state index contributed by atoms with van der Waals surface area (Å²) in [6.07, 6.45) is 1.39. The Hall–Kier alpha value is -0.170. The fraction of sp³-hybridized carbons (Fsp3) is 1.00. The van der Waals surface area contributed by atoms with Gasteiger partial charge in [-0.05, 0) is 20.3 Å². The largest absolute Gasteiger partial charge is 0.368 e. The lowest BCUT2D eigenvalue weighted by atomic mass is 10.1. The van der Waals surface area contributed by atoms with Crippen LogP contribution in [0.3, 0.4) is 0 Å². The number of ether oxygens (including phenoxy) is 1. The van der Waals surface area contributed by atoms with Crippen LogP contribution < -0.4 is 5.73 Å². The van der Waals surface area contributed by atoms with Crippen LogP contribution in [0.25, 0.3) is 0 Å². The molecule has 0 aromatic rings. The molecule has 1 aliphatic rings. The first kappa shape index (κ1) is 14.9. The van der Waals surface area contributed by atoms with Gasteiger partial charge in [-0.1, -0.05) is 13.3 Å². The SMILES string of the molecule is CCCCS(=O)(=O)N1CC(CN)OC(C)(C)C1. The molecule has 6 heteroatoms. The van der Waals surface area contributed by atoms with Gasteiger partial charge in [0.15, 0.2) is 0 Å². The van der Waals surface area contributed by atoms with Crippen molar-refractivity contribution >= 4 is 10.0 Å². The summed E-state index contributed by atoms with van der Waals surface area (Å²) in [5.74, 6) is 0.219. The predicted molar refractivity (Wildman–Crippen MR) is 68.3 cm³/mol. The van der Waals surface area contributed by atoms with Crippen LogP contribution in [0, 0.1) is 0 Å². The molecule has 1 fully saturated rings. The molecule has 1 rings (SSSR count). The zero-order valence-corrected chi connectivity index (χ0v) is 11.8. The van der Waals surface area contributed by atoms with Gasteiger partial charge in [-0.2, -0.15) is 4.31 Å². The van der Waals surface area contributed by atoms with E-state index in [0.717, 1.165) is 6.42 Å². The topological polar surface area (TPSA) is 72.6 Å². The van der Waals surface area contributed by atoms with Crippen LogP contribution in [0.4, 0.5) is 0 Å². The second-order valence-corrected chi connectivity index (χ2v) is 7.29. The summed E-state index contributed by atoms with van der Waals surface area (Å²) in [7, 11) is -3.16. The van der Waals surface area contributed by atoms with Crippen LogP contribution in [0.2, 0.25) is 0 Å². The molecule has 0 saturated carbocycles. The summed E-state index contributed by atoms with van der Waals surface area (Å²) < 4.78 is 31.5. The van der Waals surface area contributed by atoms with Gasteiger partial charge in [0.1, 0.15) is 0 Å². The third-order valence-electron chi connectivity index (χ3n) is 2.86. The number of morpholine rings is 1. The molecule has 0 radical (unpaired) electrons. The van der Waals surface area contributed by atoms with Crippen LogP contribution in [0.1, 0.15) is 33.6 Å². The molecule has 0 spiro atoms. The van der Waals surface area contributed by atoms with E-state index >= 15 is 0 Å². The van der Waals surface area contributed by atoms with Crippen molar-refractivity contribution in [1.82, 2.24) is 4.31 Å². The Labute approximate surface area is 104 Å². The number of hydrogen-bond donors (Lipinski definition) is 1. The molecule has 2 N–H and O–H groups in total. The molecule has 0 aromatic heterocycles. The van der Waals surface area contributed by atoms with Crippen molar-refractivity contribution in [2.24, 2.45) is 5.73 Å². The second-order valence-electron chi connectivity index (χ2n) is 5.20. The third kappa shape index (κ3) is 4.21. The van der Waals surface area contributed by atoms with Crippen LogP contribution in [-0.2, 0) is 14.8 Å². The van der Waals surface area contributed by atoms with Crippen LogP contribution in [0.5, 0.6) is 0 Å². The number of sulfonamides is 1. The van der Waals surface area contributed by atoms with Crippen LogP contribution in [0.15, 0.2) is 0 Å². The average Bonchev–Trinajstić information content (AvgIpc) is 2.24. The molecule has 1 aliphatic heterocycles. The summed E-state index contributed by atoms with van der Waals surface area (Å²) in [5.41, 5.74) is 5.13. The molecule has 1 heterocycles. The van der Waals surface area contributed by atoms with E-state index in [-0.39, 0.29) is 11.9 Å². The second kappa shape index (κ2) is 5.65. The van der Waals surface area contributed by atoms with E-state index in [9.17, 15) is 8.42 Å². The molecular weight excluding hydrogens is 240 g/mol. The minimum atomic E-state index is -3.16. The Kier molecular flexibility index (Phi) is 4.95. The maximum Gasteiger partial charge on any atom is 0.214 e. The van der Waals surface area contributed by atoms with Crippen LogP contribution in [-0.4, -0.2) is 49.8 Å². The fourth-order valence-corrected chi connectivity index (χ4v) is 3.85. The van der Waals surface area contributed by atoms with Crippen molar-refractivity contribution in [3.8, 4) is 0 Å². The molecule has 5 nitrogen and oxygen atoms in total. The molecule has 17 heavy (non-hydrogen) atoms. The smallest absolute Gasteiger partial charge is 0.214 e. The normalized spacial score (nSPS) is 26.0. The van der Waals surface area contributed by atoms with Gasteiger partial charge in [-0.15, -0.1) is 0 Å². The zero-order valence-electron chi connectivity index (χ0n) is 11.0. The maximum absolute atomic E-state index is 12.1. The fourth-order valence-electron chi connectivity index (χ4n) is 2.03. The van der Waals surface area contributed by atoms with Gasteiger partial charge in [-0.25, -0.2) is 8.42 Å². The molecule has 1 atom stereocenters. The van der Waals surface area contributed by atoms with E-state index in [1.54, 1.807) is 0 Å². The van der Waals surface area contributed by atoms with E-state index in [0.29, 0.717) is 26.1 Å². The molecule has 0 aliphatic carbocycles. The lowest BCUT2D eigenvalue weighted by Gasteiger charge is -2.41. The van der Waals surface area contributed by atoms with Gasteiger partial charge < -0.3 is 10.5 Å². The molecule has 0 amide bonds. The van der Waals surface area contributed by atoms with E-state index in [1.807, 2.05) is 20.8 Å². The minimum Gasteiger partial charge on any atom is -0.368 e. The lowest BCUT2D eigenvalue weighted by molar-refractivity contribution is -0.112. The number of rotatable bonds is 5. The number of nitrogens with zero attached hydrogens (tertiary/aromatic N) is 1. The van der Waals surface area contributed by atoms with Crippen molar-refractivity contribution < 1.29 is 13.2 Å². The van der Waals surface area contributed by atoms with Crippen molar-refractivity contribution in [2.75, 3.05) is 25.4 Å². The summed E-state index contributed by atoms with van der Waals surface area (Å²) in [5, 5.41) is 0. The van der Waals surface area contributed by atoms with Gasteiger partial charge in [0, 0.05) is 19.6 Å². The third-order valence-corrected chi connectivity index (χ3v) is 4.73. The average molecular weight is 264 g/mol. The molecule has 102 valence electrons. The molecular formula is C11H24N2O3S. The monoisotopic (exact) mass is 264 g/mol. The minimum absolute atomic E-state index is 0.199. The highest BCUT2D eigenvalue weighted by molar-refractivity contribution is 7.89. The first-order valence-electron chi connectivity index (χ1n) is 6.16. The van der Waals surface area contributed by atoms with E-state index < -0.39 is 15.6 Å². The Morgan fingerprint density at radius 3 is 2.65 bits per heavy atom. The van der Waals surface area contributed by atoms with Crippen molar-refractivity contribution in [2.45, 2.75) is 45.3 Å². The summed E-state index contributed by atoms with van der Waals surface area (Å²) in [4.78, 5) is 0. The van der Waals surface area contributed by atoms with Gasteiger partial charge in [0.2, 0.25) is 10.0 Å². The molecule has 0 bridgehead atoms. The van der Waals surface area contributed by atoms with Gasteiger partial charge >= 0.3 is 0 Å². The first-order chi connectivity index (χ1) is 7.80. The molecule has 1 unspecified atom stereocenters. The molecule has 0 aromatic carbocycles. The summed E-state index contributed by atoms with van der Waals surface area (Å²) in [6, 6.07) is 0. The lowest BCUT2D eigenvalue weighted by Crippen LogP contribution is -2.56. The summed E-state index contributed by atoms with van der Waals surface area (Å²) >= 11 is 0. The Morgan fingerprint density at radius 2 is 2.12 bits per heavy atom. The highest BCUT2D eigenvalue weighted by atomic mass is 32.2. The van der Waals surface area contributed by atoms with E-state index in [4.69, 9.17) is 10.5 Å². The highest BCUT2D eigenvalue weighted by Gasteiger charge is 2.37. The van der Waals surface area contributed by atoms with Gasteiger partial charge in [0.25, 0.3) is 0 Å². The maximum atomic E-state index is 12.1. The van der Waals surface area contributed by atoms with E-state index in [1.165, 1.54) is 4.31 Å². The Bertz CT molecular complexity index is 341. The Balaban J connectivity index is 2.76. The quantitative estimate of drug-likeness (QED) is 0.787. The standard InChI is InChI=1S/C11H24N2O3S/c1-4-5-6-17(14,15)13-8-10(7-12)16-11(2,3)9-13/h10H,4-9,12H2,1-3H3. The van der Waals surface area contributed by atoms with E-state index in [2.05, 4.69) is 0 Å². The van der Waals surface area contributed by atoms with Gasteiger partial charge in [0.05, 0.1) is 17.5 Å². The van der Waals surface area contributed by atoms with Crippen molar-refractivity contribution in [3.63, 3.8) is 0 Å². The summed E-state index contributed by atoms with van der Waals surface area (Å²) in [6.45, 7) is 6.93. The first-order valence-corrected chi connectivity index (χ1v) is 7.77. The van der Waals surface area contributed by atoms with Crippen molar-refractivity contribution in [3.05, 3.63) is 0 Å². The zero-order chi connectivity index (χ0) is 13.1. The molecule has 1 saturated heterocycles. The van der Waals surface area contributed by atoms with Gasteiger partial charge in [-0.3, -0.25) is 0 Å². The van der Waals surface area contributed by atoms with Crippen molar-refractivity contribution in [1.29, 1.82) is 0 Å². The number of nitrogens with two attached hydrogens (primary N) is 1. The number of unbranched alkanes of at least 4 members (excludes halogenated alkanes) is 1. The Morgan fingerprint density at radius 1 is 1.47 bits per heavy atom. The number of hydrogen-bond acceptors (Lipinski definition) is 4.